The Kier molecular flexibility index (Phi) is 6.47. The van der Waals surface area contributed by atoms with Gasteiger partial charge in [-0.05, 0) is 22.8 Å². The van der Waals surface area contributed by atoms with Crippen molar-refractivity contribution in [2.45, 2.75) is 5.75 Å². The highest BCUT2D eigenvalue weighted by Gasteiger charge is 2.02. The third-order valence-electron chi connectivity index (χ3n) is 3.69. The molecule has 0 saturated carbocycles. The second-order valence-electron chi connectivity index (χ2n) is 5.56. The number of hydrogen-bond donors (Lipinski definition) is 1. The van der Waals surface area contributed by atoms with Gasteiger partial charge in [0, 0.05) is 11.3 Å². The van der Waals surface area contributed by atoms with Crippen LogP contribution in [0.2, 0.25) is 5.02 Å². The maximum absolute atomic E-state index is 6.36. The molecule has 0 aliphatic carbocycles. The molecule has 0 atom stereocenters. The molecule has 3 nitrogen and oxygen atoms in total. The van der Waals surface area contributed by atoms with Crippen LogP contribution in [0.25, 0.3) is 11.1 Å². The number of nitrogens with zero attached hydrogens (tertiary/aromatic N) is 2. The molecule has 0 amide bonds. The van der Waals surface area contributed by atoms with Gasteiger partial charge >= 0.3 is 0 Å². The number of nitrogens with two attached hydrogens (primary N) is 1. The Hall–Kier alpha value is -2.56. The predicted octanol–water partition coefficient (Wildman–Crippen LogP) is 5.59. The zero-order chi connectivity index (χ0) is 18.2. The summed E-state index contributed by atoms with van der Waals surface area (Å²) in [5.74, 6) is 0.762. The Morgan fingerprint density at radius 1 is 0.923 bits per heavy atom. The van der Waals surface area contributed by atoms with E-state index < -0.39 is 0 Å². The van der Waals surface area contributed by atoms with Crippen LogP contribution in [0, 0.1) is 0 Å². The van der Waals surface area contributed by atoms with Crippen molar-refractivity contribution in [2.24, 2.45) is 15.9 Å². The number of amidine groups is 1. The summed E-state index contributed by atoms with van der Waals surface area (Å²) in [6, 6.07) is 26.1. The summed E-state index contributed by atoms with van der Waals surface area (Å²) in [5.41, 5.74) is 10.1. The van der Waals surface area contributed by atoms with Gasteiger partial charge in [-0.15, -0.1) is 5.10 Å². The molecule has 0 radical (unpaired) electrons. The average molecular weight is 380 g/mol. The standard InChI is InChI=1S/C21H18ClN3S/c22-20-13-18(17-9-5-2-6-10-17)11-12-19(20)14-24-25-21(23)26-15-16-7-3-1-4-8-16/h1-14H,15H2,(H2,23,25). The van der Waals surface area contributed by atoms with Gasteiger partial charge in [0.15, 0.2) is 5.17 Å². The van der Waals surface area contributed by atoms with E-state index >= 15 is 0 Å². The SMILES string of the molecule is NC(=NN=Cc1ccc(-c2ccccc2)cc1Cl)SCc1ccccc1. The van der Waals surface area contributed by atoms with Crippen LogP contribution in [0.3, 0.4) is 0 Å². The van der Waals surface area contributed by atoms with E-state index in [0.29, 0.717) is 10.2 Å². The largest absolute Gasteiger partial charge is 0.377 e. The highest BCUT2D eigenvalue weighted by atomic mass is 35.5. The first kappa shape index (κ1) is 18.2. The van der Waals surface area contributed by atoms with Crippen molar-refractivity contribution >= 4 is 34.7 Å². The smallest absolute Gasteiger partial charge is 0.180 e. The molecule has 130 valence electrons. The summed E-state index contributed by atoms with van der Waals surface area (Å²) < 4.78 is 0. The minimum absolute atomic E-state index is 0.419. The summed E-state index contributed by atoms with van der Waals surface area (Å²) in [6.45, 7) is 0. The fraction of sp³-hybridized carbons (Fsp3) is 0.0476. The molecule has 5 heteroatoms. The maximum Gasteiger partial charge on any atom is 0.180 e. The van der Waals surface area contributed by atoms with Gasteiger partial charge in [0.05, 0.1) is 11.2 Å². The molecule has 3 rings (SSSR count). The lowest BCUT2D eigenvalue weighted by Crippen LogP contribution is -2.06. The van der Waals surface area contributed by atoms with Crippen LogP contribution in [0.1, 0.15) is 11.1 Å². The van der Waals surface area contributed by atoms with Gasteiger partial charge in [0.2, 0.25) is 0 Å². The molecule has 2 N–H and O–H groups in total. The monoisotopic (exact) mass is 379 g/mol. The first-order chi connectivity index (χ1) is 12.7. The van der Waals surface area contributed by atoms with Gasteiger partial charge < -0.3 is 5.73 Å². The topological polar surface area (TPSA) is 50.7 Å². The molecule has 3 aromatic rings. The van der Waals surface area contributed by atoms with E-state index in [0.717, 1.165) is 22.4 Å². The molecule has 0 spiro atoms. The van der Waals surface area contributed by atoms with Gasteiger partial charge in [0.25, 0.3) is 0 Å². The van der Waals surface area contributed by atoms with Crippen LogP contribution in [0.5, 0.6) is 0 Å². The zero-order valence-corrected chi connectivity index (χ0v) is 15.6. The quantitative estimate of drug-likeness (QED) is 0.357. The predicted molar refractivity (Wildman–Crippen MR) is 114 cm³/mol. The molecule has 26 heavy (non-hydrogen) atoms. The van der Waals surface area contributed by atoms with Crippen LogP contribution in [-0.4, -0.2) is 11.4 Å². The van der Waals surface area contributed by atoms with E-state index in [1.54, 1.807) is 6.21 Å². The summed E-state index contributed by atoms with van der Waals surface area (Å²) >= 11 is 7.81. The highest BCUT2D eigenvalue weighted by molar-refractivity contribution is 8.13. The minimum Gasteiger partial charge on any atom is -0.377 e. The van der Waals surface area contributed by atoms with Gasteiger partial charge in [-0.1, -0.05) is 96.2 Å². The second-order valence-corrected chi connectivity index (χ2v) is 6.96. The van der Waals surface area contributed by atoms with Crippen LogP contribution >= 0.6 is 23.4 Å². The van der Waals surface area contributed by atoms with E-state index in [2.05, 4.69) is 22.3 Å². The molecule has 0 fully saturated rings. The number of halogens is 1. The van der Waals surface area contributed by atoms with Crippen molar-refractivity contribution in [2.75, 3.05) is 0 Å². The zero-order valence-electron chi connectivity index (χ0n) is 14.0. The van der Waals surface area contributed by atoms with E-state index in [1.165, 1.54) is 17.3 Å². The van der Waals surface area contributed by atoms with E-state index in [1.807, 2.05) is 66.7 Å². The summed E-state index contributed by atoms with van der Waals surface area (Å²) in [7, 11) is 0. The lowest BCUT2D eigenvalue weighted by Gasteiger charge is -2.04. The molecule has 0 unspecified atom stereocenters. The van der Waals surface area contributed by atoms with Crippen molar-refractivity contribution < 1.29 is 0 Å². The number of hydrogen-bond acceptors (Lipinski definition) is 3. The molecule has 0 aliphatic rings. The van der Waals surface area contributed by atoms with Crippen LogP contribution in [0.15, 0.2) is 89.1 Å². The van der Waals surface area contributed by atoms with Crippen LogP contribution in [-0.2, 0) is 5.75 Å². The summed E-state index contributed by atoms with van der Waals surface area (Å²) in [4.78, 5) is 0. The first-order valence-electron chi connectivity index (χ1n) is 8.10. The third-order valence-corrected chi connectivity index (χ3v) is 4.87. The van der Waals surface area contributed by atoms with Gasteiger partial charge in [-0.3, -0.25) is 0 Å². The Balaban J connectivity index is 1.62. The van der Waals surface area contributed by atoms with Crippen molar-refractivity contribution in [3.63, 3.8) is 0 Å². The summed E-state index contributed by atoms with van der Waals surface area (Å²) in [6.07, 6.45) is 1.62. The molecule has 0 bridgehead atoms. The van der Waals surface area contributed by atoms with Crippen molar-refractivity contribution in [1.29, 1.82) is 0 Å². The maximum atomic E-state index is 6.36. The molecule has 3 aromatic carbocycles. The van der Waals surface area contributed by atoms with Crippen molar-refractivity contribution in [1.82, 2.24) is 0 Å². The Bertz CT molecular complexity index is 909. The molecule has 0 aliphatic heterocycles. The minimum atomic E-state index is 0.419. The van der Waals surface area contributed by atoms with Gasteiger partial charge in [0.1, 0.15) is 0 Å². The molecular weight excluding hydrogens is 362 g/mol. The Labute approximate surface area is 162 Å². The van der Waals surface area contributed by atoms with Crippen molar-refractivity contribution in [3.8, 4) is 11.1 Å². The Morgan fingerprint density at radius 2 is 1.62 bits per heavy atom. The van der Waals surface area contributed by atoms with Crippen molar-refractivity contribution in [3.05, 3.63) is 95.0 Å². The molecule has 0 aromatic heterocycles. The van der Waals surface area contributed by atoms with Crippen LogP contribution in [0.4, 0.5) is 0 Å². The highest BCUT2D eigenvalue weighted by Crippen LogP contribution is 2.24. The Morgan fingerprint density at radius 3 is 2.31 bits per heavy atom. The lowest BCUT2D eigenvalue weighted by atomic mass is 10.0. The van der Waals surface area contributed by atoms with Gasteiger partial charge in [-0.2, -0.15) is 5.10 Å². The lowest BCUT2D eigenvalue weighted by molar-refractivity contribution is 1.25. The molecule has 0 heterocycles. The third kappa shape index (κ3) is 5.22. The normalized spacial score (nSPS) is 11.8. The fourth-order valence-electron chi connectivity index (χ4n) is 2.35. The van der Waals surface area contributed by atoms with E-state index in [4.69, 9.17) is 17.3 Å². The fourth-order valence-corrected chi connectivity index (χ4v) is 3.19. The number of benzene rings is 3. The average Bonchev–Trinajstić information content (AvgIpc) is 2.69. The molecular formula is C21H18ClN3S. The van der Waals surface area contributed by atoms with Gasteiger partial charge in [-0.25, -0.2) is 0 Å². The van der Waals surface area contributed by atoms with Crippen LogP contribution < -0.4 is 5.73 Å². The number of rotatable bonds is 5. The van der Waals surface area contributed by atoms with E-state index in [-0.39, 0.29) is 0 Å². The number of thioether (sulfide) groups is 1. The molecule has 0 saturated heterocycles. The second kappa shape index (κ2) is 9.22. The van der Waals surface area contributed by atoms with E-state index in [9.17, 15) is 0 Å². The first-order valence-corrected chi connectivity index (χ1v) is 9.47. The summed E-state index contributed by atoms with van der Waals surface area (Å²) in [5, 5.41) is 9.12.